The average Bonchev–Trinajstić information content (AvgIpc) is 3.06. The Labute approximate surface area is 163 Å². The maximum Gasteiger partial charge on any atom is 0.227 e. The summed E-state index contributed by atoms with van der Waals surface area (Å²) >= 11 is 1.54. The van der Waals surface area contributed by atoms with Crippen LogP contribution in [0.2, 0.25) is 0 Å². The van der Waals surface area contributed by atoms with Crippen molar-refractivity contribution in [3.8, 4) is 22.8 Å². The summed E-state index contributed by atoms with van der Waals surface area (Å²) in [5.74, 6) is 1.30. The predicted molar refractivity (Wildman–Crippen MR) is 107 cm³/mol. The van der Waals surface area contributed by atoms with Gasteiger partial charge in [-0.2, -0.15) is 0 Å². The number of rotatable bonds is 7. The monoisotopic (exact) mass is 382 g/mol. The number of aromatic nitrogens is 1. The molecule has 0 aliphatic rings. The highest BCUT2D eigenvalue weighted by Crippen LogP contribution is 2.34. The molecule has 140 valence electrons. The zero-order valence-corrected chi connectivity index (χ0v) is 16.4. The quantitative estimate of drug-likeness (QED) is 0.671. The summed E-state index contributed by atoms with van der Waals surface area (Å²) in [4.78, 5) is 18.0. The Morgan fingerprint density at radius 2 is 1.81 bits per heavy atom. The van der Waals surface area contributed by atoms with Crippen molar-refractivity contribution in [2.45, 2.75) is 19.9 Å². The van der Waals surface area contributed by atoms with E-state index in [1.165, 1.54) is 11.3 Å². The van der Waals surface area contributed by atoms with Crippen LogP contribution in [0.25, 0.3) is 11.3 Å². The second-order valence-corrected chi connectivity index (χ2v) is 7.31. The average molecular weight is 382 g/mol. The first kappa shape index (κ1) is 18.9. The van der Waals surface area contributed by atoms with Crippen molar-refractivity contribution in [2.75, 3.05) is 14.2 Å². The van der Waals surface area contributed by atoms with Gasteiger partial charge in [-0.25, -0.2) is 4.98 Å². The van der Waals surface area contributed by atoms with E-state index in [1.54, 1.807) is 14.2 Å². The maximum absolute atomic E-state index is 12.2. The minimum Gasteiger partial charge on any atom is -0.493 e. The molecule has 5 nitrogen and oxygen atoms in total. The highest BCUT2D eigenvalue weighted by atomic mass is 32.1. The van der Waals surface area contributed by atoms with E-state index in [-0.39, 0.29) is 12.3 Å². The fourth-order valence-electron chi connectivity index (χ4n) is 2.77. The van der Waals surface area contributed by atoms with Crippen LogP contribution in [0.1, 0.15) is 15.4 Å². The molecule has 0 saturated carbocycles. The van der Waals surface area contributed by atoms with Gasteiger partial charge in [0, 0.05) is 17.0 Å². The first-order chi connectivity index (χ1) is 13.1. The van der Waals surface area contributed by atoms with Gasteiger partial charge in [0.05, 0.1) is 26.3 Å². The molecular formula is C21H22N2O3S. The zero-order valence-electron chi connectivity index (χ0n) is 15.6. The molecule has 0 bridgehead atoms. The molecule has 1 amide bonds. The minimum atomic E-state index is -0.0357. The van der Waals surface area contributed by atoms with E-state index >= 15 is 0 Å². The molecule has 0 fully saturated rings. The van der Waals surface area contributed by atoms with Gasteiger partial charge in [0.25, 0.3) is 0 Å². The number of methoxy groups -OCH3 is 2. The van der Waals surface area contributed by atoms with Crippen molar-refractivity contribution in [3.05, 3.63) is 64.0 Å². The van der Waals surface area contributed by atoms with Crippen molar-refractivity contribution >= 4 is 17.2 Å². The van der Waals surface area contributed by atoms with E-state index in [0.717, 1.165) is 26.7 Å². The lowest BCUT2D eigenvalue weighted by molar-refractivity contribution is -0.120. The van der Waals surface area contributed by atoms with Gasteiger partial charge >= 0.3 is 0 Å². The lowest BCUT2D eigenvalue weighted by Crippen LogP contribution is -2.24. The Morgan fingerprint density at radius 1 is 1.07 bits per heavy atom. The van der Waals surface area contributed by atoms with E-state index in [1.807, 2.05) is 55.5 Å². The summed E-state index contributed by atoms with van der Waals surface area (Å²) in [7, 11) is 3.22. The van der Waals surface area contributed by atoms with E-state index in [9.17, 15) is 4.79 Å². The second kappa shape index (κ2) is 8.68. The molecule has 0 atom stereocenters. The first-order valence-electron chi connectivity index (χ1n) is 8.60. The standard InChI is InChI=1S/C21H22N2O3S/c1-14-21(16-9-10-17(25-2)18(11-16)26-3)23-20(27-14)12-19(24)22-13-15-7-5-4-6-8-15/h4-11H,12-13H2,1-3H3,(H,22,24). The Kier molecular flexibility index (Phi) is 6.08. The van der Waals surface area contributed by atoms with E-state index in [0.29, 0.717) is 18.0 Å². The van der Waals surface area contributed by atoms with Gasteiger partial charge in [-0.1, -0.05) is 30.3 Å². The molecule has 1 heterocycles. The van der Waals surface area contributed by atoms with Crippen LogP contribution in [0.4, 0.5) is 0 Å². The summed E-state index contributed by atoms with van der Waals surface area (Å²) in [5.41, 5.74) is 2.89. The molecule has 2 aromatic carbocycles. The lowest BCUT2D eigenvalue weighted by atomic mass is 10.1. The zero-order chi connectivity index (χ0) is 19.2. The van der Waals surface area contributed by atoms with Gasteiger partial charge in [-0.3, -0.25) is 4.79 Å². The topological polar surface area (TPSA) is 60.5 Å². The third-order valence-corrected chi connectivity index (χ3v) is 5.11. The number of benzene rings is 2. The van der Waals surface area contributed by atoms with Crippen LogP contribution >= 0.6 is 11.3 Å². The molecule has 1 aromatic heterocycles. The number of hydrogen-bond donors (Lipinski definition) is 1. The van der Waals surface area contributed by atoms with Crippen molar-refractivity contribution in [1.82, 2.24) is 10.3 Å². The summed E-state index contributed by atoms with van der Waals surface area (Å²) in [6.45, 7) is 2.53. The van der Waals surface area contributed by atoms with Crippen LogP contribution in [0, 0.1) is 6.92 Å². The van der Waals surface area contributed by atoms with Gasteiger partial charge in [-0.05, 0) is 30.7 Å². The maximum atomic E-state index is 12.2. The Bertz CT molecular complexity index is 922. The van der Waals surface area contributed by atoms with Gasteiger partial charge in [-0.15, -0.1) is 11.3 Å². The SMILES string of the molecule is COc1ccc(-c2nc(CC(=O)NCc3ccccc3)sc2C)cc1OC. The van der Waals surface area contributed by atoms with Crippen LogP contribution in [-0.4, -0.2) is 25.1 Å². The molecule has 0 radical (unpaired) electrons. The molecular weight excluding hydrogens is 360 g/mol. The molecule has 0 aliphatic heterocycles. The van der Waals surface area contributed by atoms with Gasteiger partial charge < -0.3 is 14.8 Å². The van der Waals surface area contributed by atoms with Crippen LogP contribution < -0.4 is 14.8 Å². The molecule has 0 spiro atoms. The number of thiazole rings is 1. The van der Waals surface area contributed by atoms with Crippen molar-refractivity contribution in [1.29, 1.82) is 0 Å². The summed E-state index contributed by atoms with van der Waals surface area (Å²) < 4.78 is 10.7. The summed E-state index contributed by atoms with van der Waals surface area (Å²) in [5, 5.41) is 3.73. The molecule has 0 saturated heterocycles. The fraction of sp³-hybridized carbons (Fsp3) is 0.238. The van der Waals surface area contributed by atoms with Crippen molar-refractivity contribution < 1.29 is 14.3 Å². The highest BCUT2D eigenvalue weighted by molar-refractivity contribution is 7.12. The van der Waals surface area contributed by atoms with Gasteiger partial charge in [0.15, 0.2) is 11.5 Å². The van der Waals surface area contributed by atoms with Gasteiger partial charge in [0.1, 0.15) is 5.01 Å². The number of carbonyl (C=O) groups is 1. The number of hydrogen-bond acceptors (Lipinski definition) is 5. The minimum absolute atomic E-state index is 0.0357. The third kappa shape index (κ3) is 4.65. The Hall–Kier alpha value is -2.86. The van der Waals surface area contributed by atoms with Crippen LogP contribution in [-0.2, 0) is 17.8 Å². The number of ether oxygens (including phenoxy) is 2. The number of carbonyl (C=O) groups excluding carboxylic acids is 1. The first-order valence-corrected chi connectivity index (χ1v) is 9.41. The molecule has 3 rings (SSSR count). The largest absolute Gasteiger partial charge is 0.493 e. The van der Waals surface area contributed by atoms with Crippen molar-refractivity contribution in [2.24, 2.45) is 0 Å². The third-order valence-electron chi connectivity index (χ3n) is 4.14. The van der Waals surface area contributed by atoms with E-state index in [2.05, 4.69) is 10.3 Å². The van der Waals surface area contributed by atoms with Crippen LogP contribution in [0.15, 0.2) is 48.5 Å². The normalized spacial score (nSPS) is 10.5. The van der Waals surface area contributed by atoms with E-state index in [4.69, 9.17) is 9.47 Å². The number of nitrogens with zero attached hydrogens (tertiary/aromatic N) is 1. The predicted octanol–water partition coefficient (Wildman–Crippen LogP) is 3.99. The molecule has 3 aromatic rings. The molecule has 6 heteroatoms. The number of amides is 1. The van der Waals surface area contributed by atoms with Crippen LogP contribution in [0.5, 0.6) is 11.5 Å². The highest BCUT2D eigenvalue weighted by Gasteiger charge is 2.15. The smallest absolute Gasteiger partial charge is 0.227 e. The molecule has 1 N–H and O–H groups in total. The Balaban J connectivity index is 1.70. The lowest BCUT2D eigenvalue weighted by Gasteiger charge is -2.08. The van der Waals surface area contributed by atoms with Gasteiger partial charge in [0.2, 0.25) is 5.91 Å². The second-order valence-electron chi connectivity index (χ2n) is 6.02. The fourth-order valence-corrected chi connectivity index (χ4v) is 3.73. The van der Waals surface area contributed by atoms with E-state index < -0.39 is 0 Å². The van der Waals surface area contributed by atoms with Crippen molar-refractivity contribution in [3.63, 3.8) is 0 Å². The van der Waals surface area contributed by atoms with Crippen LogP contribution in [0.3, 0.4) is 0 Å². The summed E-state index contributed by atoms with van der Waals surface area (Å²) in [6, 6.07) is 15.6. The molecule has 0 aliphatic carbocycles. The molecule has 0 unspecified atom stereocenters. The number of aryl methyl sites for hydroxylation is 1. The summed E-state index contributed by atoms with van der Waals surface area (Å²) in [6.07, 6.45) is 0.269. The number of nitrogens with one attached hydrogen (secondary N) is 1. The molecule has 27 heavy (non-hydrogen) atoms. The Morgan fingerprint density at radius 3 is 2.52 bits per heavy atom.